The summed E-state index contributed by atoms with van der Waals surface area (Å²) >= 11 is 0. The smallest absolute Gasteiger partial charge is 0.416 e. The van der Waals surface area contributed by atoms with Crippen LogP contribution in [0.5, 0.6) is 0 Å². The van der Waals surface area contributed by atoms with Gasteiger partial charge in [-0.2, -0.15) is 13.2 Å². The number of rotatable bonds is 3. The van der Waals surface area contributed by atoms with E-state index in [-0.39, 0.29) is 17.5 Å². The summed E-state index contributed by atoms with van der Waals surface area (Å²) in [5.41, 5.74) is 3.43. The van der Waals surface area contributed by atoms with Crippen LogP contribution in [-0.4, -0.2) is 42.0 Å². The van der Waals surface area contributed by atoms with E-state index < -0.39 is 11.7 Å². The number of hydrogen-bond acceptors (Lipinski definition) is 4. The third kappa shape index (κ3) is 4.28. The maximum atomic E-state index is 12.8. The molecule has 1 aromatic heterocycles. The van der Waals surface area contributed by atoms with Crippen molar-refractivity contribution in [3.05, 3.63) is 71.1 Å². The topological polar surface area (TPSA) is 49.6 Å². The fourth-order valence-corrected chi connectivity index (χ4v) is 3.70. The molecule has 0 aliphatic carbocycles. The number of aromatic nitrogens is 1. The van der Waals surface area contributed by atoms with Crippen LogP contribution in [-0.2, 0) is 6.18 Å². The molecule has 1 aliphatic rings. The molecule has 0 radical (unpaired) electrons. The van der Waals surface area contributed by atoms with Crippen LogP contribution in [0.25, 0.3) is 11.5 Å². The highest BCUT2D eigenvalue weighted by Crippen LogP contribution is 2.31. The number of piperazine rings is 1. The zero-order valence-corrected chi connectivity index (χ0v) is 17.2. The van der Waals surface area contributed by atoms with Crippen LogP contribution in [0.1, 0.15) is 27.2 Å². The summed E-state index contributed by atoms with van der Waals surface area (Å²) in [6, 6.07) is 10.7. The monoisotopic (exact) mass is 429 g/mol. The van der Waals surface area contributed by atoms with E-state index >= 15 is 0 Å². The molecule has 0 bridgehead atoms. The molecule has 0 spiro atoms. The summed E-state index contributed by atoms with van der Waals surface area (Å²) in [6.45, 7) is 6.69. The molecule has 5 nitrogen and oxygen atoms in total. The Morgan fingerprint density at radius 3 is 2.32 bits per heavy atom. The third-order valence-corrected chi connectivity index (χ3v) is 5.67. The van der Waals surface area contributed by atoms with Gasteiger partial charge >= 0.3 is 6.18 Å². The summed E-state index contributed by atoms with van der Waals surface area (Å²) in [4.78, 5) is 21.0. The molecule has 2 aromatic carbocycles. The number of halogens is 3. The normalized spacial score (nSPS) is 14.7. The van der Waals surface area contributed by atoms with Gasteiger partial charge in [-0.05, 0) is 55.3 Å². The standard InChI is InChI=1S/C23H22F3N3O2/c1-15-4-3-5-20(16(15)2)28-10-12-29(13-11-28)22(30)19-14-31-21(27-19)17-6-8-18(9-7-17)23(24,25)26/h3-9,14H,10-13H2,1-2H3. The molecule has 0 saturated carbocycles. The maximum absolute atomic E-state index is 12.8. The fourth-order valence-electron chi connectivity index (χ4n) is 3.70. The second kappa shape index (κ2) is 8.09. The molecular weight excluding hydrogens is 407 g/mol. The summed E-state index contributed by atoms with van der Waals surface area (Å²) in [7, 11) is 0. The lowest BCUT2D eigenvalue weighted by Crippen LogP contribution is -2.49. The van der Waals surface area contributed by atoms with Crippen molar-refractivity contribution in [1.82, 2.24) is 9.88 Å². The van der Waals surface area contributed by atoms with Gasteiger partial charge < -0.3 is 14.2 Å². The molecule has 31 heavy (non-hydrogen) atoms. The van der Waals surface area contributed by atoms with E-state index in [0.29, 0.717) is 31.7 Å². The molecule has 1 saturated heterocycles. The fraction of sp³-hybridized carbons (Fsp3) is 0.304. The minimum Gasteiger partial charge on any atom is -0.444 e. The van der Waals surface area contributed by atoms with E-state index in [2.05, 4.69) is 35.9 Å². The lowest BCUT2D eigenvalue weighted by atomic mass is 10.1. The number of alkyl halides is 3. The van der Waals surface area contributed by atoms with Crippen molar-refractivity contribution in [1.29, 1.82) is 0 Å². The molecule has 0 unspecified atom stereocenters. The van der Waals surface area contributed by atoms with Crippen molar-refractivity contribution in [3.63, 3.8) is 0 Å². The van der Waals surface area contributed by atoms with Gasteiger partial charge in [0.2, 0.25) is 5.89 Å². The lowest BCUT2D eigenvalue weighted by Gasteiger charge is -2.36. The van der Waals surface area contributed by atoms with Crippen LogP contribution >= 0.6 is 0 Å². The van der Waals surface area contributed by atoms with Crippen LogP contribution in [0.4, 0.5) is 18.9 Å². The van der Waals surface area contributed by atoms with E-state index in [0.717, 1.165) is 12.1 Å². The van der Waals surface area contributed by atoms with Gasteiger partial charge in [0.1, 0.15) is 6.26 Å². The van der Waals surface area contributed by atoms with Gasteiger partial charge in [-0.15, -0.1) is 0 Å². The average Bonchev–Trinajstić information content (AvgIpc) is 3.25. The first-order chi connectivity index (χ1) is 14.7. The summed E-state index contributed by atoms with van der Waals surface area (Å²) in [5.74, 6) is -0.131. The minimum absolute atomic E-state index is 0.117. The molecule has 1 aliphatic heterocycles. The van der Waals surface area contributed by atoms with Crippen molar-refractivity contribution >= 4 is 11.6 Å². The van der Waals surface area contributed by atoms with Gasteiger partial charge in [-0.25, -0.2) is 4.98 Å². The molecule has 4 rings (SSSR count). The summed E-state index contributed by atoms with van der Waals surface area (Å²) in [5, 5.41) is 0. The van der Waals surface area contributed by atoms with Gasteiger partial charge in [-0.3, -0.25) is 4.79 Å². The second-order valence-corrected chi connectivity index (χ2v) is 7.61. The van der Waals surface area contributed by atoms with E-state index in [1.165, 1.54) is 35.2 Å². The number of carbonyl (C=O) groups is 1. The van der Waals surface area contributed by atoms with Gasteiger partial charge in [-0.1, -0.05) is 12.1 Å². The number of carbonyl (C=O) groups excluding carboxylic acids is 1. The molecule has 0 N–H and O–H groups in total. The first kappa shape index (κ1) is 21.0. The van der Waals surface area contributed by atoms with E-state index in [1.807, 2.05) is 6.07 Å². The number of hydrogen-bond donors (Lipinski definition) is 0. The minimum atomic E-state index is -4.41. The van der Waals surface area contributed by atoms with Crippen molar-refractivity contribution in [2.24, 2.45) is 0 Å². The third-order valence-electron chi connectivity index (χ3n) is 5.67. The highest BCUT2D eigenvalue weighted by molar-refractivity contribution is 5.92. The van der Waals surface area contributed by atoms with E-state index in [4.69, 9.17) is 4.42 Å². The largest absolute Gasteiger partial charge is 0.444 e. The second-order valence-electron chi connectivity index (χ2n) is 7.61. The molecule has 8 heteroatoms. The van der Waals surface area contributed by atoms with Crippen molar-refractivity contribution in [3.8, 4) is 11.5 Å². The first-order valence-electron chi connectivity index (χ1n) is 9.97. The molecule has 162 valence electrons. The highest BCUT2D eigenvalue weighted by atomic mass is 19.4. The molecule has 0 atom stereocenters. The zero-order chi connectivity index (χ0) is 22.2. The predicted octanol–water partition coefficient (Wildman–Crippen LogP) is 4.94. The number of amides is 1. The number of oxazole rings is 1. The van der Waals surface area contributed by atoms with E-state index in [9.17, 15) is 18.0 Å². The van der Waals surface area contributed by atoms with Crippen LogP contribution in [0.3, 0.4) is 0 Å². The van der Waals surface area contributed by atoms with Crippen LogP contribution in [0.15, 0.2) is 53.1 Å². The van der Waals surface area contributed by atoms with Gasteiger partial charge in [0.25, 0.3) is 5.91 Å². The Bertz CT molecular complexity index is 1080. The summed E-state index contributed by atoms with van der Waals surface area (Å²) < 4.78 is 43.5. The molecule has 1 fully saturated rings. The van der Waals surface area contributed by atoms with Crippen molar-refractivity contribution in [2.45, 2.75) is 20.0 Å². The maximum Gasteiger partial charge on any atom is 0.416 e. The Balaban J connectivity index is 1.42. The van der Waals surface area contributed by atoms with Crippen molar-refractivity contribution < 1.29 is 22.4 Å². The Morgan fingerprint density at radius 1 is 1.00 bits per heavy atom. The quantitative estimate of drug-likeness (QED) is 0.592. The highest BCUT2D eigenvalue weighted by Gasteiger charge is 2.30. The van der Waals surface area contributed by atoms with Gasteiger partial charge in [0.05, 0.1) is 5.56 Å². The van der Waals surface area contributed by atoms with Crippen LogP contribution in [0.2, 0.25) is 0 Å². The Hall–Kier alpha value is -3.29. The van der Waals surface area contributed by atoms with Crippen LogP contribution < -0.4 is 4.90 Å². The Kier molecular flexibility index (Phi) is 5.47. The van der Waals surface area contributed by atoms with Gasteiger partial charge in [0, 0.05) is 37.4 Å². The molecule has 3 aromatic rings. The number of aryl methyl sites for hydroxylation is 1. The molecule has 1 amide bonds. The predicted molar refractivity (Wildman–Crippen MR) is 111 cm³/mol. The SMILES string of the molecule is Cc1cccc(N2CCN(C(=O)c3coc(-c4ccc(C(F)(F)F)cc4)n3)CC2)c1C. The lowest BCUT2D eigenvalue weighted by molar-refractivity contribution is -0.137. The van der Waals surface area contributed by atoms with Crippen LogP contribution in [0, 0.1) is 13.8 Å². The van der Waals surface area contributed by atoms with E-state index in [1.54, 1.807) is 4.90 Å². The van der Waals surface area contributed by atoms with Gasteiger partial charge in [0.15, 0.2) is 5.69 Å². The first-order valence-corrected chi connectivity index (χ1v) is 9.97. The van der Waals surface area contributed by atoms with Crippen molar-refractivity contribution in [2.75, 3.05) is 31.1 Å². The molecule has 2 heterocycles. The summed E-state index contributed by atoms with van der Waals surface area (Å²) in [6.07, 6.45) is -3.15. The number of nitrogens with zero attached hydrogens (tertiary/aromatic N) is 3. The number of benzene rings is 2. The number of anilines is 1. The zero-order valence-electron chi connectivity index (χ0n) is 17.2. The Labute approximate surface area is 178 Å². The molecular formula is C23H22F3N3O2. The Morgan fingerprint density at radius 2 is 1.68 bits per heavy atom. The average molecular weight is 429 g/mol.